The molecule has 4 aromatic rings. The lowest BCUT2D eigenvalue weighted by Crippen LogP contribution is -2.22. The summed E-state index contributed by atoms with van der Waals surface area (Å²) in [4.78, 5) is 0.428. The number of aryl methyl sites for hydroxylation is 1. The summed E-state index contributed by atoms with van der Waals surface area (Å²) >= 11 is 0. The highest BCUT2D eigenvalue weighted by molar-refractivity contribution is 7.91. The minimum atomic E-state index is -3.62. The van der Waals surface area contributed by atoms with E-state index >= 15 is 0 Å². The third kappa shape index (κ3) is 5.10. The highest BCUT2D eigenvalue weighted by atomic mass is 32.2. The fourth-order valence-electron chi connectivity index (χ4n) is 4.10. The molecule has 0 N–H and O–H groups in total. The Morgan fingerprint density at radius 2 is 1.06 bits per heavy atom. The molecule has 1 unspecified atom stereocenters. The minimum absolute atomic E-state index is 0.0936. The molecule has 5 heteroatoms. The van der Waals surface area contributed by atoms with Crippen molar-refractivity contribution in [3.05, 3.63) is 114 Å². The maximum absolute atomic E-state index is 12.9. The summed E-state index contributed by atoms with van der Waals surface area (Å²) in [5.41, 5.74) is 3.66. The molecule has 0 fully saturated rings. The first-order valence-corrected chi connectivity index (χ1v) is 13.1. The Bertz CT molecular complexity index is 1370. The predicted molar refractivity (Wildman–Crippen MR) is 139 cm³/mol. The van der Waals surface area contributed by atoms with Gasteiger partial charge in [0.25, 0.3) is 0 Å². The average molecular weight is 487 g/mol. The smallest absolute Gasteiger partial charge is 0.206 e. The second-order valence-corrected chi connectivity index (χ2v) is 10.8. The van der Waals surface area contributed by atoms with E-state index in [1.54, 1.807) is 55.6 Å². The molecule has 4 rings (SSSR count). The SMILES string of the molecule is CCC(C)(c1ccc(C)cc1)c1ccc(Oc2ccc(S(=O)(=O)c3ccc(OC)cc3)cc2)cc1. The number of hydrogen-bond acceptors (Lipinski definition) is 4. The van der Waals surface area contributed by atoms with Crippen molar-refractivity contribution in [1.29, 1.82) is 0 Å². The summed E-state index contributed by atoms with van der Waals surface area (Å²) in [6.07, 6.45) is 0.973. The van der Waals surface area contributed by atoms with E-state index in [-0.39, 0.29) is 15.2 Å². The van der Waals surface area contributed by atoms with Crippen LogP contribution >= 0.6 is 0 Å². The summed E-state index contributed by atoms with van der Waals surface area (Å²) in [7, 11) is -2.07. The summed E-state index contributed by atoms with van der Waals surface area (Å²) in [5.74, 6) is 1.88. The van der Waals surface area contributed by atoms with Gasteiger partial charge in [0.1, 0.15) is 17.2 Å². The second-order valence-electron chi connectivity index (χ2n) is 8.83. The van der Waals surface area contributed by atoms with Crippen molar-refractivity contribution in [2.24, 2.45) is 0 Å². The largest absolute Gasteiger partial charge is 0.497 e. The van der Waals surface area contributed by atoms with Crippen LogP contribution in [0.5, 0.6) is 17.2 Å². The molecule has 0 aliphatic rings. The number of benzene rings is 4. The van der Waals surface area contributed by atoms with Gasteiger partial charge in [-0.1, -0.05) is 55.8 Å². The van der Waals surface area contributed by atoms with Crippen molar-refractivity contribution >= 4 is 9.84 Å². The Morgan fingerprint density at radius 1 is 0.657 bits per heavy atom. The van der Waals surface area contributed by atoms with Gasteiger partial charge in [-0.2, -0.15) is 0 Å². The molecule has 0 saturated heterocycles. The Balaban J connectivity index is 1.50. The van der Waals surface area contributed by atoms with Gasteiger partial charge in [-0.3, -0.25) is 0 Å². The minimum Gasteiger partial charge on any atom is -0.497 e. The first-order valence-electron chi connectivity index (χ1n) is 11.6. The van der Waals surface area contributed by atoms with E-state index < -0.39 is 9.84 Å². The van der Waals surface area contributed by atoms with Crippen molar-refractivity contribution in [3.63, 3.8) is 0 Å². The Hall–Kier alpha value is -3.57. The Morgan fingerprint density at radius 3 is 1.49 bits per heavy atom. The third-order valence-electron chi connectivity index (χ3n) is 6.63. The monoisotopic (exact) mass is 486 g/mol. The molecule has 4 nitrogen and oxygen atoms in total. The molecule has 4 aromatic carbocycles. The standard InChI is InChI=1S/C30H30O4S/c1-5-30(3,23-8-6-22(2)7-9-23)24-10-12-26(13-11-24)34-27-16-20-29(21-17-27)35(31,32)28-18-14-25(33-4)15-19-28/h6-21H,5H2,1-4H3. The first-order chi connectivity index (χ1) is 16.8. The molecule has 180 valence electrons. The van der Waals surface area contributed by atoms with Crippen LogP contribution in [-0.2, 0) is 15.3 Å². The van der Waals surface area contributed by atoms with Crippen LogP contribution in [0.2, 0.25) is 0 Å². The summed E-state index contributed by atoms with van der Waals surface area (Å²) in [6, 6.07) is 29.6. The van der Waals surface area contributed by atoms with E-state index in [0.29, 0.717) is 17.2 Å². The third-order valence-corrected chi connectivity index (χ3v) is 8.41. The topological polar surface area (TPSA) is 52.6 Å². The molecule has 0 amide bonds. The quantitative estimate of drug-likeness (QED) is 0.261. The van der Waals surface area contributed by atoms with E-state index in [2.05, 4.69) is 57.2 Å². The first kappa shape index (κ1) is 24.6. The van der Waals surface area contributed by atoms with Gasteiger partial charge in [-0.05, 0) is 85.1 Å². The summed E-state index contributed by atoms with van der Waals surface area (Å²) in [5, 5.41) is 0. The van der Waals surface area contributed by atoms with Crippen LogP contribution in [0.25, 0.3) is 0 Å². The second kappa shape index (κ2) is 9.96. The molecule has 0 spiro atoms. The van der Waals surface area contributed by atoms with Gasteiger partial charge in [0.15, 0.2) is 0 Å². The summed E-state index contributed by atoms with van der Waals surface area (Å²) in [6.45, 7) is 6.56. The maximum atomic E-state index is 12.9. The fraction of sp³-hybridized carbons (Fsp3) is 0.200. The van der Waals surface area contributed by atoms with Gasteiger partial charge in [0, 0.05) is 5.41 Å². The van der Waals surface area contributed by atoms with Gasteiger partial charge in [-0.15, -0.1) is 0 Å². The van der Waals surface area contributed by atoms with E-state index in [1.165, 1.54) is 16.7 Å². The zero-order chi connectivity index (χ0) is 25.1. The molecule has 0 aliphatic carbocycles. The van der Waals surface area contributed by atoms with Gasteiger partial charge in [0.05, 0.1) is 16.9 Å². The maximum Gasteiger partial charge on any atom is 0.206 e. The number of methoxy groups -OCH3 is 1. The van der Waals surface area contributed by atoms with Gasteiger partial charge in [0.2, 0.25) is 9.84 Å². The molecule has 0 heterocycles. The van der Waals surface area contributed by atoms with Crippen molar-refractivity contribution in [2.75, 3.05) is 7.11 Å². The van der Waals surface area contributed by atoms with Crippen LogP contribution in [0.15, 0.2) is 107 Å². The van der Waals surface area contributed by atoms with Gasteiger partial charge >= 0.3 is 0 Å². The lowest BCUT2D eigenvalue weighted by atomic mass is 9.74. The molecule has 35 heavy (non-hydrogen) atoms. The number of ether oxygens (including phenoxy) is 2. The number of hydrogen-bond donors (Lipinski definition) is 0. The van der Waals surface area contributed by atoms with E-state index in [1.807, 2.05) is 12.1 Å². The zero-order valence-electron chi connectivity index (χ0n) is 20.5. The van der Waals surface area contributed by atoms with Crippen LogP contribution in [0.1, 0.15) is 37.0 Å². The molecule has 0 radical (unpaired) electrons. The van der Waals surface area contributed by atoms with E-state index in [4.69, 9.17) is 9.47 Å². The lowest BCUT2D eigenvalue weighted by molar-refractivity contribution is 0.414. The van der Waals surface area contributed by atoms with Crippen molar-refractivity contribution in [2.45, 2.75) is 42.4 Å². The van der Waals surface area contributed by atoms with Gasteiger partial charge in [-0.25, -0.2) is 8.42 Å². The molecule has 0 saturated carbocycles. The molecular weight excluding hydrogens is 456 g/mol. The summed E-state index contributed by atoms with van der Waals surface area (Å²) < 4.78 is 36.9. The number of sulfone groups is 1. The molecule has 0 bridgehead atoms. The van der Waals surface area contributed by atoms with Crippen molar-refractivity contribution in [1.82, 2.24) is 0 Å². The average Bonchev–Trinajstić information content (AvgIpc) is 2.89. The molecule has 0 aromatic heterocycles. The van der Waals surface area contributed by atoms with Crippen molar-refractivity contribution in [3.8, 4) is 17.2 Å². The predicted octanol–water partition coefficient (Wildman–Crippen LogP) is 7.34. The van der Waals surface area contributed by atoms with Crippen LogP contribution in [0, 0.1) is 6.92 Å². The van der Waals surface area contributed by atoms with Gasteiger partial charge < -0.3 is 9.47 Å². The Labute approximate surface area is 208 Å². The fourth-order valence-corrected chi connectivity index (χ4v) is 5.36. The van der Waals surface area contributed by atoms with Crippen LogP contribution in [-0.4, -0.2) is 15.5 Å². The van der Waals surface area contributed by atoms with Crippen LogP contribution in [0.3, 0.4) is 0 Å². The molecule has 0 aliphatic heterocycles. The van der Waals surface area contributed by atoms with Crippen LogP contribution < -0.4 is 9.47 Å². The highest BCUT2D eigenvalue weighted by Gasteiger charge is 2.26. The van der Waals surface area contributed by atoms with Crippen molar-refractivity contribution < 1.29 is 17.9 Å². The van der Waals surface area contributed by atoms with E-state index in [0.717, 1.165) is 6.42 Å². The normalized spacial score (nSPS) is 13.1. The molecule has 1 atom stereocenters. The number of rotatable bonds is 8. The van der Waals surface area contributed by atoms with Crippen LogP contribution in [0.4, 0.5) is 0 Å². The Kier molecular flexibility index (Phi) is 6.99. The highest BCUT2D eigenvalue weighted by Crippen LogP contribution is 2.36. The molecular formula is C30H30O4S. The van der Waals surface area contributed by atoms with E-state index in [9.17, 15) is 8.42 Å². The lowest BCUT2D eigenvalue weighted by Gasteiger charge is -2.30. The zero-order valence-corrected chi connectivity index (χ0v) is 21.3.